The van der Waals surface area contributed by atoms with Crippen LogP contribution < -0.4 is 5.32 Å². The largest absolute Gasteiger partial charge is 0.465 e. The van der Waals surface area contributed by atoms with Gasteiger partial charge in [0.1, 0.15) is 17.2 Å². The Labute approximate surface area is 95.9 Å². The summed E-state index contributed by atoms with van der Waals surface area (Å²) in [5.74, 6) is -0.234. The fraction of sp³-hybridized carbons (Fsp3) is 0.0909. The molecule has 2 rings (SSSR count). The van der Waals surface area contributed by atoms with Crippen molar-refractivity contribution in [2.45, 2.75) is 6.92 Å². The van der Waals surface area contributed by atoms with Gasteiger partial charge in [-0.1, -0.05) is 17.3 Å². The number of carbonyl (C=O) groups is 1. The maximum Gasteiger partial charge on any atom is 0.409 e. The Bertz CT molecular complexity index is 566. The van der Waals surface area contributed by atoms with Gasteiger partial charge in [0.25, 0.3) is 0 Å². The zero-order valence-electron chi connectivity index (χ0n) is 8.90. The van der Waals surface area contributed by atoms with Gasteiger partial charge >= 0.3 is 6.09 Å². The van der Waals surface area contributed by atoms with Crippen molar-refractivity contribution in [3.8, 4) is 11.3 Å². The molecule has 1 aromatic heterocycles. The van der Waals surface area contributed by atoms with E-state index in [0.29, 0.717) is 11.3 Å². The molecule has 1 heterocycles. The number of halogens is 1. The highest BCUT2D eigenvalue weighted by Gasteiger charge is 2.17. The third-order valence-corrected chi connectivity index (χ3v) is 2.18. The zero-order chi connectivity index (χ0) is 12.4. The molecule has 0 atom stereocenters. The molecule has 0 saturated carbocycles. The van der Waals surface area contributed by atoms with E-state index in [2.05, 4.69) is 10.5 Å². The minimum Gasteiger partial charge on any atom is -0.465 e. The number of anilines is 1. The summed E-state index contributed by atoms with van der Waals surface area (Å²) in [7, 11) is 0. The lowest BCUT2D eigenvalue weighted by molar-refractivity contribution is 0.209. The molecule has 0 spiro atoms. The van der Waals surface area contributed by atoms with E-state index >= 15 is 0 Å². The molecule has 1 amide bonds. The predicted octanol–water partition coefficient (Wildman–Crippen LogP) is 2.88. The first-order valence-corrected chi connectivity index (χ1v) is 4.80. The molecular formula is C11H9FN2O3. The van der Waals surface area contributed by atoms with Crippen LogP contribution in [0.3, 0.4) is 0 Å². The molecule has 0 unspecified atom stereocenters. The summed E-state index contributed by atoms with van der Waals surface area (Å²) in [5.41, 5.74) is 1.05. The minimum atomic E-state index is -1.23. The van der Waals surface area contributed by atoms with Gasteiger partial charge in [0, 0.05) is 5.56 Å². The van der Waals surface area contributed by atoms with Gasteiger partial charge in [0.15, 0.2) is 5.76 Å². The van der Waals surface area contributed by atoms with E-state index in [1.54, 1.807) is 13.0 Å². The minimum absolute atomic E-state index is 0.199. The van der Waals surface area contributed by atoms with Gasteiger partial charge in [0.2, 0.25) is 0 Å². The smallest absolute Gasteiger partial charge is 0.409 e. The van der Waals surface area contributed by atoms with E-state index in [9.17, 15) is 9.18 Å². The SMILES string of the molecule is Cc1noc(-c2cccc(F)c2)c1NC(=O)O. The topological polar surface area (TPSA) is 75.4 Å². The van der Waals surface area contributed by atoms with Crippen molar-refractivity contribution in [2.24, 2.45) is 0 Å². The van der Waals surface area contributed by atoms with E-state index in [4.69, 9.17) is 9.63 Å². The van der Waals surface area contributed by atoms with Crippen LogP contribution in [-0.2, 0) is 0 Å². The number of nitrogens with one attached hydrogen (secondary N) is 1. The molecule has 0 aliphatic carbocycles. The Morgan fingerprint density at radius 3 is 2.94 bits per heavy atom. The third kappa shape index (κ3) is 2.25. The normalized spacial score (nSPS) is 10.2. The fourth-order valence-electron chi connectivity index (χ4n) is 1.45. The molecule has 2 N–H and O–H groups in total. The van der Waals surface area contributed by atoms with Crippen LogP contribution in [0.15, 0.2) is 28.8 Å². The lowest BCUT2D eigenvalue weighted by Gasteiger charge is -2.01. The van der Waals surface area contributed by atoms with Gasteiger partial charge < -0.3 is 9.63 Å². The number of aromatic nitrogens is 1. The number of carboxylic acid groups (broad SMARTS) is 1. The molecule has 0 radical (unpaired) electrons. The summed E-state index contributed by atoms with van der Waals surface area (Å²) in [5, 5.41) is 14.5. The molecular weight excluding hydrogens is 227 g/mol. The number of rotatable bonds is 2. The fourth-order valence-corrected chi connectivity index (χ4v) is 1.45. The summed E-state index contributed by atoms with van der Waals surface area (Å²) < 4.78 is 18.0. The van der Waals surface area contributed by atoms with Crippen molar-refractivity contribution in [2.75, 3.05) is 5.32 Å². The molecule has 0 fully saturated rings. The highest BCUT2D eigenvalue weighted by atomic mass is 19.1. The van der Waals surface area contributed by atoms with Crippen LogP contribution in [0.5, 0.6) is 0 Å². The Hall–Kier alpha value is -2.37. The van der Waals surface area contributed by atoms with Crippen molar-refractivity contribution in [3.63, 3.8) is 0 Å². The molecule has 0 aliphatic heterocycles. The van der Waals surface area contributed by atoms with E-state index in [1.807, 2.05) is 0 Å². The Kier molecular flexibility index (Phi) is 2.78. The Morgan fingerprint density at radius 2 is 2.29 bits per heavy atom. The first-order valence-electron chi connectivity index (χ1n) is 4.80. The van der Waals surface area contributed by atoms with Crippen molar-refractivity contribution in [1.82, 2.24) is 5.16 Å². The standard InChI is InChI=1S/C11H9FN2O3/c1-6-9(13-11(15)16)10(17-14-6)7-3-2-4-8(12)5-7/h2-5,13H,1H3,(H,15,16). The molecule has 2 aromatic rings. The highest BCUT2D eigenvalue weighted by Crippen LogP contribution is 2.30. The summed E-state index contributed by atoms with van der Waals surface area (Å²) >= 11 is 0. The van der Waals surface area contributed by atoms with Crippen molar-refractivity contribution < 1.29 is 18.8 Å². The summed E-state index contributed by atoms with van der Waals surface area (Å²) in [6.45, 7) is 1.59. The summed E-state index contributed by atoms with van der Waals surface area (Å²) in [4.78, 5) is 10.6. The molecule has 88 valence electrons. The Morgan fingerprint density at radius 1 is 1.53 bits per heavy atom. The lowest BCUT2D eigenvalue weighted by Crippen LogP contribution is -2.08. The third-order valence-electron chi connectivity index (χ3n) is 2.18. The number of hydrogen-bond acceptors (Lipinski definition) is 3. The quantitative estimate of drug-likeness (QED) is 0.840. The van der Waals surface area contributed by atoms with Gasteiger partial charge in [-0.2, -0.15) is 0 Å². The molecule has 0 bridgehead atoms. The van der Waals surface area contributed by atoms with Gasteiger partial charge in [-0.25, -0.2) is 9.18 Å². The second kappa shape index (κ2) is 4.25. The van der Waals surface area contributed by atoms with Crippen LogP contribution >= 0.6 is 0 Å². The van der Waals surface area contributed by atoms with Gasteiger partial charge in [-0.3, -0.25) is 5.32 Å². The van der Waals surface area contributed by atoms with Gasteiger partial charge in [0.05, 0.1) is 0 Å². The summed E-state index contributed by atoms with van der Waals surface area (Å²) in [6, 6.07) is 5.65. The van der Waals surface area contributed by atoms with Crippen LogP contribution in [-0.4, -0.2) is 16.4 Å². The van der Waals surface area contributed by atoms with Crippen LogP contribution in [0.4, 0.5) is 14.9 Å². The van der Waals surface area contributed by atoms with E-state index in [-0.39, 0.29) is 11.4 Å². The maximum atomic E-state index is 13.1. The molecule has 0 aliphatic rings. The molecule has 17 heavy (non-hydrogen) atoms. The van der Waals surface area contributed by atoms with Crippen LogP contribution in [0.25, 0.3) is 11.3 Å². The number of nitrogens with zero attached hydrogens (tertiary/aromatic N) is 1. The first kappa shape index (κ1) is 11.1. The lowest BCUT2D eigenvalue weighted by atomic mass is 10.1. The number of benzene rings is 1. The van der Waals surface area contributed by atoms with E-state index in [0.717, 1.165) is 0 Å². The molecule has 1 aromatic carbocycles. The predicted molar refractivity (Wildman–Crippen MR) is 58.3 cm³/mol. The average molecular weight is 236 g/mol. The second-order valence-electron chi connectivity index (χ2n) is 3.41. The number of hydrogen-bond donors (Lipinski definition) is 2. The zero-order valence-corrected chi connectivity index (χ0v) is 8.90. The molecule has 6 heteroatoms. The van der Waals surface area contributed by atoms with E-state index in [1.165, 1.54) is 18.2 Å². The van der Waals surface area contributed by atoms with Gasteiger partial charge in [-0.15, -0.1) is 0 Å². The Balaban J connectivity index is 2.48. The van der Waals surface area contributed by atoms with Crippen LogP contribution in [0.2, 0.25) is 0 Å². The molecule has 5 nitrogen and oxygen atoms in total. The average Bonchev–Trinajstić information content (AvgIpc) is 2.60. The van der Waals surface area contributed by atoms with Crippen LogP contribution in [0.1, 0.15) is 5.69 Å². The van der Waals surface area contributed by atoms with Crippen LogP contribution in [0, 0.1) is 12.7 Å². The number of amides is 1. The van der Waals surface area contributed by atoms with E-state index < -0.39 is 11.9 Å². The summed E-state index contributed by atoms with van der Waals surface area (Å²) in [6.07, 6.45) is -1.23. The number of aryl methyl sites for hydroxylation is 1. The van der Waals surface area contributed by atoms with Gasteiger partial charge in [-0.05, 0) is 19.1 Å². The molecule has 0 saturated heterocycles. The monoisotopic (exact) mass is 236 g/mol. The highest BCUT2D eigenvalue weighted by molar-refractivity contribution is 5.89. The van der Waals surface area contributed by atoms with Crippen molar-refractivity contribution in [3.05, 3.63) is 35.8 Å². The van der Waals surface area contributed by atoms with Crippen molar-refractivity contribution >= 4 is 11.8 Å². The maximum absolute atomic E-state index is 13.1. The second-order valence-corrected chi connectivity index (χ2v) is 3.41. The van der Waals surface area contributed by atoms with Crippen molar-refractivity contribution in [1.29, 1.82) is 0 Å². The first-order chi connectivity index (χ1) is 8.08.